The van der Waals surface area contributed by atoms with Crippen LogP contribution in [-0.4, -0.2) is 24.5 Å². The van der Waals surface area contributed by atoms with Crippen molar-refractivity contribution in [2.24, 2.45) is 5.73 Å². The Morgan fingerprint density at radius 1 is 1.39 bits per heavy atom. The van der Waals surface area contributed by atoms with E-state index < -0.39 is 0 Å². The number of hydrogen-bond donors (Lipinski definition) is 1. The molecule has 18 heavy (non-hydrogen) atoms. The van der Waals surface area contributed by atoms with Crippen LogP contribution < -0.4 is 5.73 Å². The summed E-state index contributed by atoms with van der Waals surface area (Å²) in [6, 6.07) is 11.1. The lowest BCUT2D eigenvalue weighted by Gasteiger charge is -2.38. The fraction of sp³-hybridized carbons (Fsp3) is 0.467. The molecule has 1 aliphatic rings. The van der Waals surface area contributed by atoms with Gasteiger partial charge in [-0.3, -0.25) is 4.90 Å². The van der Waals surface area contributed by atoms with Crippen molar-refractivity contribution < 1.29 is 4.42 Å². The first-order valence-corrected chi connectivity index (χ1v) is 6.70. The zero-order chi connectivity index (χ0) is 12.5. The van der Waals surface area contributed by atoms with Crippen LogP contribution in [-0.2, 0) is 0 Å². The molecule has 96 valence electrons. The van der Waals surface area contributed by atoms with Gasteiger partial charge in [0.05, 0.1) is 6.04 Å². The van der Waals surface area contributed by atoms with Crippen molar-refractivity contribution in [2.75, 3.05) is 13.6 Å². The van der Waals surface area contributed by atoms with Crippen LogP contribution in [0.25, 0.3) is 11.0 Å². The number of hydrogen-bond acceptors (Lipinski definition) is 3. The Morgan fingerprint density at radius 2 is 2.17 bits per heavy atom. The summed E-state index contributed by atoms with van der Waals surface area (Å²) < 4.78 is 5.94. The van der Waals surface area contributed by atoms with Crippen molar-refractivity contribution in [3.8, 4) is 0 Å². The minimum Gasteiger partial charge on any atom is -0.459 e. The molecule has 0 radical (unpaired) electrons. The Labute approximate surface area is 108 Å². The van der Waals surface area contributed by atoms with Gasteiger partial charge in [-0.25, -0.2) is 0 Å². The van der Waals surface area contributed by atoms with Gasteiger partial charge in [-0.05, 0) is 32.0 Å². The molecule has 2 N–H and O–H groups in total. The molecule has 3 rings (SSSR count). The van der Waals surface area contributed by atoms with Gasteiger partial charge >= 0.3 is 0 Å². The highest BCUT2D eigenvalue weighted by Gasteiger charge is 2.29. The lowest BCUT2D eigenvalue weighted by Crippen LogP contribution is -2.42. The van der Waals surface area contributed by atoms with Crippen LogP contribution in [0.4, 0.5) is 0 Å². The van der Waals surface area contributed by atoms with Crippen LogP contribution in [0.1, 0.15) is 31.1 Å². The molecule has 2 aromatic rings. The van der Waals surface area contributed by atoms with Crippen molar-refractivity contribution in [1.82, 2.24) is 4.90 Å². The first kappa shape index (κ1) is 11.8. The molecule has 1 aliphatic carbocycles. The van der Waals surface area contributed by atoms with Gasteiger partial charge in [-0.1, -0.05) is 24.6 Å². The minimum atomic E-state index is 0.197. The largest absolute Gasteiger partial charge is 0.459 e. The van der Waals surface area contributed by atoms with Crippen LogP contribution in [0.5, 0.6) is 0 Å². The molecule has 0 aliphatic heterocycles. The van der Waals surface area contributed by atoms with Gasteiger partial charge in [-0.15, -0.1) is 0 Å². The van der Waals surface area contributed by atoms with Crippen LogP contribution >= 0.6 is 0 Å². The van der Waals surface area contributed by atoms with E-state index in [-0.39, 0.29) is 6.04 Å². The smallest absolute Gasteiger partial charge is 0.134 e. The van der Waals surface area contributed by atoms with Gasteiger partial charge in [0.2, 0.25) is 0 Å². The van der Waals surface area contributed by atoms with Gasteiger partial charge in [0.1, 0.15) is 11.3 Å². The molecule has 1 aromatic carbocycles. The van der Waals surface area contributed by atoms with Crippen molar-refractivity contribution in [3.63, 3.8) is 0 Å². The summed E-state index contributed by atoms with van der Waals surface area (Å²) in [5, 5.41) is 1.16. The quantitative estimate of drug-likeness (QED) is 0.899. The minimum absolute atomic E-state index is 0.197. The van der Waals surface area contributed by atoms with Gasteiger partial charge < -0.3 is 10.2 Å². The molecule has 0 bridgehead atoms. The number of para-hydroxylation sites is 1. The monoisotopic (exact) mass is 244 g/mol. The fourth-order valence-corrected chi connectivity index (χ4v) is 2.70. The second kappa shape index (κ2) is 4.75. The SMILES string of the molecule is CN(C1CCC1)C(CN)c1cc2ccccc2o1. The first-order chi connectivity index (χ1) is 8.79. The maximum Gasteiger partial charge on any atom is 0.134 e. The number of benzene rings is 1. The molecule has 0 spiro atoms. The highest BCUT2D eigenvalue weighted by Crippen LogP contribution is 2.32. The standard InChI is InChI=1S/C15H20N2O/c1-17(12-6-4-7-12)13(10-16)15-9-11-5-2-3-8-14(11)18-15/h2-3,5,8-9,12-13H,4,6-7,10,16H2,1H3. The highest BCUT2D eigenvalue weighted by molar-refractivity contribution is 5.77. The topological polar surface area (TPSA) is 42.4 Å². The van der Waals surface area contributed by atoms with E-state index >= 15 is 0 Å². The number of rotatable bonds is 4. The van der Waals surface area contributed by atoms with E-state index in [1.165, 1.54) is 19.3 Å². The molecule has 0 amide bonds. The molecular formula is C15H20N2O. The average molecular weight is 244 g/mol. The van der Waals surface area contributed by atoms with E-state index in [2.05, 4.69) is 24.1 Å². The number of nitrogens with two attached hydrogens (primary N) is 1. The van der Waals surface area contributed by atoms with Gasteiger partial charge in [-0.2, -0.15) is 0 Å². The predicted octanol–water partition coefficient (Wildman–Crippen LogP) is 2.92. The lowest BCUT2D eigenvalue weighted by atomic mass is 9.90. The van der Waals surface area contributed by atoms with E-state index in [0.717, 1.165) is 16.7 Å². The summed E-state index contributed by atoms with van der Waals surface area (Å²) in [5.74, 6) is 0.994. The first-order valence-electron chi connectivity index (χ1n) is 6.70. The van der Waals surface area contributed by atoms with Crippen LogP contribution in [0, 0.1) is 0 Å². The number of furan rings is 1. The molecular weight excluding hydrogens is 224 g/mol. The van der Waals surface area contributed by atoms with E-state index in [1.54, 1.807) is 0 Å². The van der Waals surface area contributed by atoms with Crippen molar-refractivity contribution in [3.05, 3.63) is 36.1 Å². The van der Waals surface area contributed by atoms with Gasteiger partial charge in [0, 0.05) is 18.0 Å². The Kier molecular flexibility index (Phi) is 3.10. The Morgan fingerprint density at radius 3 is 2.78 bits per heavy atom. The van der Waals surface area contributed by atoms with Crippen LogP contribution in [0.15, 0.2) is 34.7 Å². The Bertz CT molecular complexity index is 497. The fourth-order valence-electron chi connectivity index (χ4n) is 2.70. The van der Waals surface area contributed by atoms with E-state index in [0.29, 0.717) is 12.6 Å². The summed E-state index contributed by atoms with van der Waals surface area (Å²) in [6.45, 7) is 0.604. The third kappa shape index (κ3) is 1.93. The maximum absolute atomic E-state index is 5.94. The summed E-state index contributed by atoms with van der Waals surface area (Å²) in [5.41, 5.74) is 6.89. The van der Waals surface area contributed by atoms with Gasteiger partial charge in [0.25, 0.3) is 0 Å². The molecule has 1 unspecified atom stereocenters. The summed E-state index contributed by atoms with van der Waals surface area (Å²) in [6.07, 6.45) is 3.91. The van der Waals surface area contributed by atoms with E-state index in [9.17, 15) is 0 Å². The molecule has 0 saturated heterocycles. The third-order valence-electron chi connectivity index (χ3n) is 4.14. The second-order valence-corrected chi connectivity index (χ2v) is 5.19. The molecule has 1 atom stereocenters. The highest BCUT2D eigenvalue weighted by atomic mass is 16.3. The Hall–Kier alpha value is -1.32. The molecule has 1 saturated carbocycles. The second-order valence-electron chi connectivity index (χ2n) is 5.19. The molecule has 3 heteroatoms. The van der Waals surface area contributed by atoms with E-state index in [1.807, 2.05) is 18.2 Å². The van der Waals surface area contributed by atoms with Crippen molar-refractivity contribution in [1.29, 1.82) is 0 Å². The van der Waals surface area contributed by atoms with Crippen LogP contribution in [0.3, 0.4) is 0 Å². The molecule has 3 nitrogen and oxygen atoms in total. The van der Waals surface area contributed by atoms with Gasteiger partial charge in [0.15, 0.2) is 0 Å². The van der Waals surface area contributed by atoms with Crippen LogP contribution in [0.2, 0.25) is 0 Å². The Balaban J connectivity index is 1.90. The third-order valence-corrected chi connectivity index (χ3v) is 4.14. The number of likely N-dealkylation sites (N-methyl/N-ethyl adjacent to an activating group) is 1. The molecule has 1 heterocycles. The maximum atomic E-state index is 5.94. The summed E-state index contributed by atoms with van der Waals surface area (Å²) in [4.78, 5) is 2.38. The van der Waals surface area contributed by atoms with Crippen molar-refractivity contribution in [2.45, 2.75) is 31.3 Å². The molecule has 1 fully saturated rings. The lowest BCUT2D eigenvalue weighted by molar-refractivity contribution is 0.102. The zero-order valence-corrected chi connectivity index (χ0v) is 10.8. The summed E-state index contributed by atoms with van der Waals surface area (Å²) in [7, 11) is 2.16. The van der Waals surface area contributed by atoms with E-state index in [4.69, 9.17) is 10.2 Å². The average Bonchev–Trinajstić information content (AvgIpc) is 2.70. The zero-order valence-electron chi connectivity index (χ0n) is 10.8. The van der Waals surface area contributed by atoms with Crippen molar-refractivity contribution >= 4 is 11.0 Å². The molecule has 1 aromatic heterocycles. The number of fused-ring (bicyclic) bond motifs is 1. The predicted molar refractivity (Wildman–Crippen MR) is 73.4 cm³/mol. The normalized spacial score (nSPS) is 18.2. The number of nitrogens with zero attached hydrogens (tertiary/aromatic N) is 1. The summed E-state index contributed by atoms with van der Waals surface area (Å²) >= 11 is 0.